The summed E-state index contributed by atoms with van der Waals surface area (Å²) in [7, 11) is 0. The van der Waals surface area contributed by atoms with Gasteiger partial charge in [-0.15, -0.1) is 0 Å². The highest BCUT2D eigenvalue weighted by Crippen LogP contribution is 2.31. The maximum atomic E-state index is 6.21. The number of fused-ring (bicyclic) bond motifs is 1. The van der Waals surface area contributed by atoms with Crippen LogP contribution < -0.4 is 10.1 Å². The van der Waals surface area contributed by atoms with E-state index in [1.165, 1.54) is 5.56 Å². The predicted molar refractivity (Wildman–Crippen MR) is 94.9 cm³/mol. The Morgan fingerprint density at radius 3 is 2.95 bits per heavy atom. The zero-order chi connectivity index (χ0) is 14.1. The average molecular weight is 465 g/mol. The molecule has 0 fully saturated rings. The van der Waals surface area contributed by atoms with Gasteiger partial charge >= 0.3 is 0 Å². The van der Waals surface area contributed by atoms with E-state index in [1.807, 2.05) is 30.3 Å². The van der Waals surface area contributed by atoms with Gasteiger partial charge in [0.15, 0.2) is 0 Å². The predicted octanol–water partition coefficient (Wildman–Crippen LogP) is 5.12. The van der Waals surface area contributed by atoms with E-state index in [1.54, 1.807) is 0 Å². The van der Waals surface area contributed by atoms with Crippen molar-refractivity contribution in [1.82, 2.24) is 0 Å². The summed E-state index contributed by atoms with van der Waals surface area (Å²) in [5.41, 5.74) is 2.20. The Labute approximate surface area is 145 Å². The lowest BCUT2D eigenvalue weighted by Gasteiger charge is -2.14. The molecule has 0 amide bonds. The van der Waals surface area contributed by atoms with Gasteiger partial charge in [-0.05, 0) is 64.6 Å². The van der Waals surface area contributed by atoms with Crippen LogP contribution in [0.3, 0.4) is 0 Å². The number of hydrogen-bond donors (Lipinski definition) is 1. The van der Waals surface area contributed by atoms with Crippen LogP contribution in [0, 0.1) is 3.57 Å². The maximum absolute atomic E-state index is 6.21. The minimum Gasteiger partial charge on any atom is -0.488 e. The second kappa shape index (κ2) is 6.12. The summed E-state index contributed by atoms with van der Waals surface area (Å²) >= 11 is 11.9. The monoisotopic (exact) mass is 463 g/mol. The van der Waals surface area contributed by atoms with Gasteiger partial charge in [0.05, 0.1) is 17.3 Å². The number of rotatable bonds is 3. The molecule has 1 heterocycles. The van der Waals surface area contributed by atoms with Crippen molar-refractivity contribution in [3.63, 3.8) is 0 Å². The lowest BCUT2D eigenvalue weighted by Crippen LogP contribution is -2.24. The minimum atomic E-state index is 0.148. The molecule has 0 aromatic heterocycles. The molecular weight excluding hydrogens is 452 g/mol. The maximum Gasteiger partial charge on any atom is 0.123 e. The van der Waals surface area contributed by atoms with E-state index in [0.29, 0.717) is 0 Å². The molecular formula is C15H12BrClINO. The first kappa shape index (κ1) is 14.5. The van der Waals surface area contributed by atoms with Crippen molar-refractivity contribution >= 4 is 55.8 Å². The molecule has 2 aromatic rings. The molecule has 2 aromatic carbocycles. The SMILES string of the molecule is Clc1cc(I)ccc1NCC1Cc2cc(Br)ccc2O1. The number of ether oxygens (including phenoxy) is 1. The third kappa shape index (κ3) is 3.23. The van der Waals surface area contributed by atoms with Crippen LogP contribution in [-0.4, -0.2) is 12.6 Å². The van der Waals surface area contributed by atoms with Crippen LogP contribution in [0.25, 0.3) is 0 Å². The van der Waals surface area contributed by atoms with Crippen molar-refractivity contribution in [3.05, 3.63) is 55.0 Å². The van der Waals surface area contributed by atoms with Gasteiger partial charge in [0, 0.05) is 14.5 Å². The lowest BCUT2D eigenvalue weighted by atomic mass is 10.1. The largest absolute Gasteiger partial charge is 0.488 e. The molecule has 1 unspecified atom stereocenters. The number of anilines is 1. The molecule has 0 saturated carbocycles. The highest BCUT2D eigenvalue weighted by atomic mass is 127. The van der Waals surface area contributed by atoms with Gasteiger partial charge in [-0.2, -0.15) is 0 Å². The molecule has 0 aliphatic carbocycles. The fourth-order valence-corrected chi connectivity index (χ4v) is 3.59. The first-order chi connectivity index (χ1) is 9.61. The van der Waals surface area contributed by atoms with E-state index in [0.717, 1.165) is 37.5 Å². The van der Waals surface area contributed by atoms with Crippen LogP contribution in [0.2, 0.25) is 5.02 Å². The van der Waals surface area contributed by atoms with Crippen LogP contribution in [-0.2, 0) is 6.42 Å². The molecule has 1 N–H and O–H groups in total. The smallest absolute Gasteiger partial charge is 0.123 e. The van der Waals surface area contributed by atoms with Gasteiger partial charge in [0.25, 0.3) is 0 Å². The number of hydrogen-bond acceptors (Lipinski definition) is 2. The first-order valence-corrected chi connectivity index (χ1v) is 8.51. The average Bonchev–Trinajstić information content (AvgIpc) is 2.79. The van der Waals surface area contributed by atoms with Crippen molar-refractivity contribution in [2.75, 3.05) is 11.9 Å². The molecule has 1 aliphatic heterocycles. The second-order valence-electron chi connectivity index (χ2n) is 4.70. The number of benzene rings is 2. The van der Waals surface area contributed by atoms with Gasteiger partial charge in [-0.25, -0.2) is 0 Å². The second-order valence-corrected chi connectivity index (χ2v) is 7.27. The third-order valence-electron chi connectivity index (χ3n) is 3.22. The van der Waals surface area contributed by atoms with Gasteiger partial charge in [-0.1, -0.05) is 27.5 Å². The van der Waals surface area contributed by atoms with E-state index in [2.05, 4.69) is 49.9 Å². The molecule has 1 aliphatic rings. The highest BCUT2D eigenvalue weighted by molar-refractivity contribution is 14.1. The van der Waals surface area contributed by atoms with Crippen molar-refractivity contribution < 1.29 is 4.74 Å². The van der Waals surface area contributed by atoms with E-state index < -0.39 is 0 Å². The molecule has 20 heavy (non-hydrogen) atoms. The van der Waals surface area contributed by atoms with Gasteiger partial charge < -0.3 is 10.1 Å². The van der Waals surface area contributed by atoms with E-state index in [4.69, 9.17) is 16.3 Å². The fourth-order valence-electron chi connectivity index (χ4n) is 2.26. The molecule has 0 radical (unpaired) electrons. The minimum absolute atomic E-state index is 0.148. The normalized spacial score (nSPS) is 16.6. The van der Waals surface area contributed by atoms with Crippen LogP contribution in [0.15, 0.2) is 40.9 Å². The molecule has 2 nitrogen and oxygen atoms in total. The fraction of sp³-hybridized carbons (Fsp3) is 0.200. The van der Waals surface area contributed by atoms with Crippen molar-refractivity contribution in [2.45, 2.75) is 12.5 Å². The topological polar surface area (TPSA) is 21.3 Å². The first-order valence-electron chi connectivity index (χ1n) is 6.26. The molecule has 0 bridgehead atoms. The van der Waals surface area contributed by atoms with Crippen molar-refractivity contribution in [2.24, 2.45) is 0 Å². The third-order valence-corrected chi connectivity index (χ3v) is 4.69. The van der Waals surface area contributed by atoms with Crippen LogP contribution in [0.4, 0.5) is 5.69 Å². The Balaban J connectivity index is 1.63. The van der Waals surface area contributed by atoms with E-state index in [-0.39, 0.29) is 6.10 Å². The van der Waals surface area contributed by atoms with Crippen LogP contribution in [0.5, 0.6) is 5.75 Å². The Hall–Kier alpha value is -0.460. The standard InChI is InChI=1S/C15H12BrClINO/c16-10-1-4-15-9(5-10)6-12(20-15)8-19-14-3-2-11(18)7-13(14)17/h1-5,7,12,19H,6,8H2. The summed E-state index contributed by atoms with van der Waals surface area (Å²) in [4.78, 5) is 0. The Bertz CT molecular complexity index is 650. The van der Waals surface area contributed by atoms with Gasteiger partial charge in [-0.3, -0.25) is 0 Å². The van der Waals surface area contributed by atoms with Crippen molar-refractivity contribution in [1.29, 1.82) is 0 Å². The summed E-state index contributed by atoms with van der Waals surface area (Å²) in [6.45, 7) is 0.743. The van der Waals surface area contributed by atoms with E-state index >= 15 is 0 Å². The Morgan fingerprint density at radius 2 is 2.15 bits per heavy atom. The highest BCUT2D eigenvalue weighted by Gasteiger charge is 2.22. The zero-order valence-electron chi connectivity index (χ0n) is 10.5. The summed E-state index contributed by atoms with van der Waals surface area (Å²) < 4.78 is 8.14. The number of halogens is 3. The Kier molecular flexibility index (Phi) is 4.43. The van der Waals surface area contributed by atoms with Crippen molar-refractivity contribution in [3.8, 4) is 5.75 Å². The Morgan fingerprint density at radius 1 is 1.30 bits per heavy atom. The summed E-state index contributed by atoms with van der Waals surface area (Å²) in [6, 6.07) is 12.1. The van der Waals surface area contributed by atoms with Gasteiger partial charge in [0.1, 0.15) is 11.9 Å². The molecule has 0 saturated heterocycles. The molecule has 104 valence electrons. The lowest BCUT2D eigenvalue weighted by molar-refractivity contribution is 0.246. The molecule has 0 spiro atoms. The van der Waals surface area contributed by atoms with Crippen LogP contribution >= 0.6 is 50.1 Å². The summed E-state index contributed by atoms with van der Waals surface area (Å²) in [6.07, 6.45) is 1.07. The quantitative estimate of drug-likeness (QED) is 0.637. The zero-order valence-corrected chi connectivity index (χ0v) is 15.0. The molecule has 5 heteroatoms. The summed E-state index contributed by atoms with van der Waals surface area (Å²) in [5, 5.41) is 4.11. The molecule has 3 rings (SSSR count). The molecule has 1 atom stereocenters. The van der Waals surface area contributed by atoms with E-state index in [9.17, 15) is 0 Å². The summed E-state index contributed by atoms with van der Waals surface area (Å²) in [5.74, 6) is 0.980. The van der Waals surface area contributed by atoms with Crippen LogP contribution in [0.1, 0.15) is 5.56 Å². The van der Waals surface area contributed by atoms with Gasteiger partial charge in [0.2, 0.25) is 0 Å². The number of nitrogens with one attached hydrogen (secondary N) is 1.